The van der Waals surface area contributed by atoms with Crippen LogP contribution in [0.15, 0.2) is 54.6 Å². The molecule has 0 bridgehead atoms. The molecule has 0 radical (unpaired) electrons. The van der Waals surface area contributed by atoms with Crippen molar-refractivity contribution in [3.63, 3.8) is 0 Å². The molecule has 1 atom stereocenters. The smallest absolute Gasteiger partial charge is 0.262 e. The molecule has 0 fully saturated rings. The molecule has 0 amide bonds. The largest absolute Gasteiger partial charge is 0.373 e. The van der Waals surface area contributed by atoms with Crippen molar-refractivity contribution in [2.45, 2.75) is 12.5 Å². The summed E-state index contributed by atoms with van der Waals surface area (Å²) in [6.07, 6.45) is -2.49. The van der Waals surface area contributed by atoms with Gasteiger partial charge < -0.3 is 5.32 Å². The van der Waals surface area contributed by atoms with E-state index in [4.69, 9.17) is 11.6 Å². The molecule has 0 saturated heterocycles. The maximum Gasteiger partial charge on any atom is 0.262 e. The number of halogens is 3. The molecule has 2 aromatic carbocycles. The molecule has 0 aromatic heterocycles. The van der Waals surface area contributed by atoms with Gasteiger partial charge in [0.05, 0.1) is 0 Å². The highest BCUT2D eigenvalue weighted by Crippen LogP contribution is 2.26. The lowest BCUT2D eigenvalue weighted by Gasteiger charge is -2.19. The highest BCUT2D eigenvalue weighted by Gasteiger charge is 2.21. The number of para-hydroxylation sites is 1. The topological polar surface area (TPSA) is 12.0 Å². The monoisotopic (exact) mass is 267 g/mol. The van der Waals surface area contributed by atoms with E-state index in [1.165, 1.54) is 0 Å². The Balaban J connectivity index is 2.21. The van der Waals surface area contributed by atoms with Crippen molar-refractivity contribution < 1.29 is 8.78 Å². The fourth-order valence-electron chi connectivity index (χ4n) is 1.68. The van der Waals surface area contributed by atoms with Crippen molar-refractivity contribution in [2.75, 3.05) is 5.32 Å². The van der Waals surface area contributed by atoms with Gasteiger partial charge in [0, 0.05) is 10.7 Å². The van der Waals surface area contributed by atoms with E-state index >= 15 is 0 Å². The van der Waals surface area contributed by atoms with Crippen molar-refractivity contribution >= 4 is 17.3 Å². The molecule has 1 unspecified atom stereocenters. The van der Waals surface area contributed by atoms with Gasteiger partial charge in [-0.25, -0.2) is 8.78 Å². The highest BCUT2D eigenvalue weighted by atomic mass is 35.5. The Hall–Kier alpha value is -1.61. The minimum absolute atomic E-state index is 0.512. The van der Waals surface area contributed by atoms with Crippen LogP contribution in [0.4, 0.5) is 14.5 Å². The molecule has 18 heavy (non-hydrogen) atoms. The molecule has 0 heterocycles. The number of nitrogens with one attached hydrogen (secondary N) is 1. The van der Waals surface area contributed by atoms with Crippen molar-refractivity contribution in [3.05, 3.63) is 65.2 Å². The quantitative estimate of drug-likeness (QED) is 0.842. The first kappa shape index (κ1) is 12.8. The summed E-state index contributed by atoms with van der Waals surface area (Å²) in [6, 6.07) is 14.3. The molecule has 0 aliphatic heterocycles. The van der Waals surface area contributed by atoms with Gasteiger partial charge in [0.15, 0.2) is 0 Å². The van der Waals surface area contributed by atoms with Gasteiger partial charge in [0.25, 0.3) is 6.43 Å². The van der Waals surface area contributed by atoms with Crippen LogP contribution in [0.25, 0.3) is 0 Å². The van der Waals surface area contributed by atoms with E-state index in [0.717, 1.165) is 0 Å². The van der Waals surface area contributed by atoms with Gasteiger partial charge in [-0.2, -0.15) is 0 Å². The first-order valence-corrected chi connectivity index (χ1v) is 5.90. The lowest BCUT2D eigenvalue weighted by atomic mass is 10.1. The first-order valence-electron chi connectivity index (χ1n) is 5.52. The van der Waals surface area contributed by atoms with Gasteiger partial charge in [0.2, 0.25) is 0 Å². The predicted octanol–water partition coefficient (Wildman–Crippen LogP) is 4.76. The third-order valence-corrected chi connectivity index (χ3v) is 2.83. The van der Waals surface area contributed by atoms with Crippen molar-refractivity contribution in [3.8, 4) is 0 Å². The van der Waals surface area contributed by atoms with Gasteiger partial charge in [-0.3, -0.25) is 0 Å². The molecule has 0 aliphatic carbocycles. The standard InChI is InChI=1S/C14H12ClF2N/c15-11-8-6-10(7-9-11)13(14(16)17)18-12-4-2-1-3-5-12/h1-9,13-14,18H. The van der Waals surface area contributed by atoms with Crippen LogP contribution in [0.3, 0.4) is 0 Å². The normalized spacial score (nSPS) is 12.4. The van der Waals surface area contributed by atoms with E-state index in [1.54, 1.807) is 48.5 Å². The maximum atomic E-state index is 13.1. The summed E-state index contributed by atoms with van der Waals surface area (Å²) in [6.45, 7) is 0. The van der Waals surface area contributed by atoms with Crippen molar-refractivity contribution in [2.24, 2.45) is 0 Å². The van der Waals surface area contributed by atoms with E-state index in [9.17, 15) is 8.78 Å². The summed E-state index contributed by atoms with van der Waals surface area (Å²) in [4.78, 5) is 0. The summed E-state index contributed by atoms with van der Waals surface area (Å²) in [5.74, 6) is 0. The Labute approximate surface area is 109 Å². The van der Waals surface area contributed by atoms with E-state index in [0.29, 0.717) is 16.3 Å². The minimum Gasteiger partial charge on any atom is -0.373 e. The Bertz CT molecular complexity index is 485. The number of benzene rings is 2. The zero-order chi connectivity index (χ0) is 13.0. The number of anilines is 1. The summed E-state index contributed by atoms with van der Waals surface area (Å²) in [7, 11) is 0. The fourth-order valence-corrected chi connectivity index (χ4v) is 1.80. The second-order valence-corrected chi connectivity index (χ2v) is 4.31. The first-order chi connectivity index (χ1) is 8.66. The lowest BCUT2D eigenvalue weighted by Crippen LogP contribution is -2.18. The molecule has 1 N–H and O–H groups in total. The van der Waals surface area contributed by atoms with Gasteiger partial charge in [-0.1, -0.05) is 41.9 Å². The van der Waals surface area contributed by atoms with E-state index < -0.39 is 12.5 Å². The number of hydrogen-bond donors (Lipinski definition) is 1. The van der Waals surface area contributed by atoms with Crippen LogP contribution in [-0.4, -0.2) is 6.43 Å². The average molecular weight is 268 g/mol. The Morgan fingerprint density at radius 1 is 0.889 bits per heavy atom. The molecule has 2 rings (SSSR count). The SMILES string of the molecule is FC(F)C(Nc1ccccc1)c1ccc(Cl)cc1. The van der Waals surface area contributed by atoms with Crippen LogP contribution in [0.1, 0.15) is 11.6 Å². The number of rotatable bonds is 4. The van der Waals surface area contributed by atoms with Crippen LogP contribution in [0.5, 0.6) is 0 Å². The second kappa shape index (κ2) is 5.83. The maximum absolute atomic E-state index is 13.1. The molecular formula is C14H12ClF2N. The zero-order valence-corrected chi connectivity index (χ0v) is 10.2. The van der Waals surface area contributed by atoms with E-state index in [1.807, 2.05) is 6.07 Å². The number of alkyl halides is 2. The van der Waals surface area contributed by atoms with Crippen LogP contribution < -0.4 is 5.32 Å². The Kier molecular flexibility index (Phi) is 4.15. The third-order valence-electron chi connectivity index (χ3n) is 2.58. The summed E-state index contributed by atoms with van der Waals surface area (Å²) >= 11 is 5.75. The summed E-state index contributed by atoms with van der Waals surface area (Å²) in [5.41, 5.74) is 1.18. The highest BCUT2D eigenvalue weighted by molar-refractivity contribution is 6.30. The zero-order valence-electron chi connectivity index (χ0n) is 9.48. The minimum atomic E-state index is -2.49. The molecule has 4 heteroatoms. The second-order valence-electron chi connectivity index (χ2n) is 3.87. The van der Waals surface area contributed by atoms with E-state index in [-0.39, 0.29) is 0 Å². The molecule has 0 saturated carbocycles. The Morgan fingerprint density at radius 3 is 2.06 bits per heavy atom. The molecular weight excluding hydrogens is 256 g/mol. The van der Waals surface area contributed by atoms with Gasteiger partial charge in [-0.15, -0.1) is 0 Å². The molecule has 94 valence electrons. The molecule has 0 aliphatic rings. The molecule has 2 aromatic rings. The van der Waals surface area contributed by atoms with Gasteiger partial charge in [0.1, 0.15) is 6.04 Å². The van der Waals surface area contributed by atoms with Crippen LogP contribution >= 0.6 is 11.6 Å². The predicted molar refractivity (Wildman–Crippen MR) is 70.3 cm³/mol. The van der Waals surface area contributed by atoms with Crippen LogP contribution in [-0.2, 0) is 0 Å². The lowest BCUT2D eigenvalue weighted by molar-refractivity contribution is 0.124. The van der Waals surface area contributed by atoms with Gasteiger partial charge >= 0.3 is 0 Å². The van der Waals surface area contributed by atoms with Crippen LogP contribution in [0.2, 0.25) is 5.02 Å². The summed E-state index contributed by atoms with van der Waals surface area (Å²) in [5, 5.41) is 3.35. The number of hydrogen-bond acceptors (Lipinski definition) is 1. The molecule has 0 spiro atoms. The summed E-state index contributed by atoms with van der Waals surface area (Å²) < 4.78 is 26.2. The van der Waals surface area contributed by atoms with Crippen LogP contribution in [0, 0.1) is 0 Å². The van der Waals surface area contributed by atoms with Crippen molar-refractivity contribution in [1.82, 2.24) is 0 Å². The van der Waals surface area contributed by atoms with Gasteiger partial charge in [-0.05, 0) is 29.8 Å². The van der Waals surface area contributed by atoms with E-state index in [2.05, 4.69) is 5.32 Å². The van der Waals surface area contributed by atoms with Crippen molar-refractivity contribution in [1.29, 1.82) is 0 Å². The Morgan fingerprint density at radius 2 is 1.50 bits per heavy atom. The molecule has 1 nitrogen and oxygen atoms in total. The average Bonchev–Trinajstić information content (AvgIpc) is 2.38. The fraction of sp³-hybridized carbons (Fsp3) is 0.143. The third kappa shape index (κ3) is 3.20.